The van der Waals surface area contributed by atoms with Crippen molar-refractivity contribution in [3.63, 3.8) is 0 Å². The van der Waals surface area contributed by atoms with Crippen molar-refractivity contribution >= 4 is 5.69 Å². The summed E-state index contributed by atoms with van der Waals surface area (Å²) in [6.07, 6.45) is 1.20. The van der Waals surface area contributed by atoms with Crippen LogP contribution in [0.3, 0.4) is 0 Å². The summed E-state index contributed by atoms with van der Waals surface area (Å²) in [4.78, 5) is 2.39. The second-order valence-electron chi connectivity index (χ2n) is 5.58. The molecule has 0 saturated carbocycles. The quantitative estimate of drug-likeness (QED) is 0.714. The number of likely N-dealkylation sites (tertiary alicyclic amines) is 1. The Morgan fingerprint density at radius 3 is 3.06 bits per heavy atom. The number of hydrogen-bond donors (Lipinski definition) is 2. The second kappa shape index (κ2) is 4.00. The van der Waals surface area contributed by atoms with E-state index in [-0.39, 0.29) is 6.04 Å². The molecule has 3 N–H and O–H groups in total. The van der Waals surface area contributed by atoms with Gasteiger partial charge < -0.3 is 16.0 Å². The van der Waals surface area contributed by atoms with Gasteiger partial charge in [0.25, 0.3) is 0 Å². The van der Waals surface area contributed by atoms with Crippen molar-refractivity contribution in [1.29, 1.82) is 0 Å². The van der Waals surface area contributed by atoms with Crippen LogP contribution < -0.4 is 11.1 Å². The van der Waals surface area contributed by atoms with E-state index < -0.39 is 0 Å². The van der Waals surface area contributed by atoms with E-state index in [0.29, 0.717) is 12.0 Å². The molecule has 0 spiro atoms. The molecule has 0 aromatic heterocycles. The lowest BCUT2D eigenvalue weighted by Gasteiger charge is -2.44. The smallest absolute Gasteiger partial charge is 0.0393 e. The zero-order valence-corrected chi connectivity index (χ0v) is 10.6. The highest BCUT2D eigenvalue weighted by molar-refractivity contribution is 5.57. The van der Waals surface area contributed by atoms with Gasteiger partial charge in [-0.3, -0.25) is 0 Å². The first kappa shape index (κ1) is 11.1. The summed E-state index contributed by atoms with van der Waals surface area (Å²) in [5.41, 5.74) is 10.3. The summed E-state index contributed by atoms with van der Waals surface area (Å²) in [6, 6.07) is 7.31. The minimum absolute atomic E-state index is 0.180. The molecule has 0 amide bonds. The van der Waals surface area contributed by atoms with Gasteiger partial charge in [0, 0.05) is 30.2 Å². The van der Waals surface area contributed by atoms with Crippen LogP contribution >= 0.6 is 0 Å². The van der Waals surface area contributed by atoms with E-state index in [1.165, 1.54) is 29.8 Å². The monoisotopic (exact) mass is 231 g/mol. The summed E-state index contributed by atoms with van der Waals surface area (Å²) in [6.45, 7) is 4.41. The Balaban J connectivity index is 1.96. The molecule has 2 aliphatic rings. The maximum atomic E-state index is 6.45. The number of nitrogens with one attached hydrogen (secondary N) is 1. The molecule has 1 aromatic rings. The lowest BCUT2D eigenvalue weighted by Crippen LogP contribution is -2.51. The standard InChI is InChI=1S/C14H21N3/c1-9-3-4-10-13(7-9)16-12-5-6-17(2)8-11(12)14(10)15/h3-4,7,11-12,14,16H,5-6,8,15H2,1-2H3. The highest BCUT2D eigenvalue weighted by atomic mass is 15.1. The number of rotatable bonds is 0. The molecule has 2 aliphatic heterocycles. The number of fused-ring (bicyclic) bond motifs is 2. The molecule has 1 fully saturated rings. The summed E-state index contributed by atoms with van der Waals surface area (Å²) >= 11 is 0. The third kappa shape index (κ3) is 1.83. The molecule has 3 nitrogen and oxygen atoms in total. The molecular weight excluding hydrogens is 210 g/mol. The van der Waals surface area contributed by atoms with E-state index in [4.69, 9.17) is 5.73 Å². The van der Waals surface area contributed by atoms with Crippen molar-refractivity contribution in [2.45, 2.75) is 25.4 Å². The Labute approximate surface area is 103 Å². The summed E-state index contributed by atoms with van der Waals surface area (Å²) in [5, 5.41) is 3.68. The van der Waals surface area contributed by atoms with Gasteiger partial charge in [-0.05, 0) is 44.1 Å². The van der Waals surface area contributed by atoms with Gasteiger partial charge in [0.15, 0.2) is 0 Å². The molecule has 3 heteroatoms. The van der Waals surface area contributed by atoms with Gasteiger partial charge in [0.2, 0.25) is 0 Å². The number of nitrogens with two attached hydrogens (primary N) is 1. The minimum atomic E-state index is 0.180. The molecule has 1 aromatic carbocycles. The van der Waals surface area contributed by atoms with Gasteiger partial charge in [-0.1, -0.05) is 12.1 Å². The maximum absolute atomic E-state index is 6.45. The highest BCUT2D eigenvalue weighted by Gasteiger charge is 2.37. The third-order valence-corrected chi connectivity index (χ3v) is 4.23. The van der Waals surface area contributed by atoms with Crippen LogP contribution in [-0.4, -0.2) is 31.1 Å². The van der Waals surface area contributed by atoms with Crippen LogP contribution in [0, 0.1) is 12.8 Å². The molecule has 3 atom stereocenters. The molecule has 0 bridgehead atoms. The molecule has 2 heterocycles. The largest absolute Gasteiger partial charge is 0.382 e. The van der Waals surface area contributed by atoms with Crippen LogP contribution in [0.25, 0.3) is 0 Å². The Bertz CT molecular complexity index is 429. The number of piperidine rings is 1. The van der Waals surface area contributed by atoms with Crippen molar-refractivity contribution in [2.24, 2.45) is 11.7 Å². The minimum Gasteiger partial charge on any atom is -0.382 e. The topological polar surface area (TPSA) is 41.3 Å². The molecule has 17 heavy (non-hydrogen) atoms. The Morgan fingerprint density at radius 2 is 2.24 bits per heavy atom. The molecule has 92 valence electrons. The lowest BCUT2D eigenvalue weighted by molar-refractivity contribution is 0.168. The maximum Gasteiger partial charge on any atom is 0.0393 e. The number of nitrogens with zero attached hydrogens (tertiary/aromatic N) is 1. The second-order valence-corrected chi connectivity index (χ2v) is 5.58. The molecule has 0 radical (unpaired) electrons. The van der Waals surface area contributed by atoms with E-state index in [0.717, 1.165) is 6.54 Å². The third-order valence-electron chi connectivity index (χ3n) is 4.23. The predicted octanol–water partition coefficient (Wildman–Crippen LogP) is 1.74. The number of anilines is 1. The van der Waals surface area contributed by atoms with Crippen molar-refractivity contribution < 1.29 is 0 Å². The first-order valence-electron chi connectivity index (χ1n) is 6.46. The summed E-state index contributed by atoms with van der Waals surface area (Å²) in [7, 11) is 2.19. The van der Waals surface area contributed by atoms with E-state index in [1.54, 1.807) is 0 Å². The van der Waals surface area contributed by atoms with E-state index >= 15 is 0 Å². The van der Waals surface area contributed by atoms with Crippen molar-refractivity contribution in [2.75, 3.05) is 25.5 Å². The van der Waals surface area contributed by atoms with Crippen molar-refractivity contribution in [3.05, 3.63) is 29.3 Å². The van der Waals surface area contributed by atoms with Gasteiger partial charge in [-0.25, -0.2) is 0 Å². The number of hydrogen-bond acceptors (Lipinski definition) is 3. The molecule has 3 unspecified atom stereocenters. The van der Waals surface area contributed by atoms with Crippen molar-refractivity contribution in [3.8, 4) is 0 Å². The fraction of sp³-hybridized carbons (Fsp3) is 0.571. The molecular formula is C14H21N3. The number of aryl methyl sites for hydroxylation is 1. The summed E-state index contributed by atoms with van der Waals surface area (Å²) in [5.74, 6) is 0.545. The van der Waals surface area contributed by atoms with Crippen LogP contribution in [-0.2, 0) is 0 Å². The Hall–Kier alpha value is -1.06. The summed E-state index contributed by atoms with van der Waals surface area (Å²) < 4.78 is 0. The van der Waals surface area contributed by atoms with E-state index in [1.807, 2.05) is 0 Å². The van der Waals surface area contributed by atoms with Crippen LogP contribution in [0.5, 0.6) is 0 Å². The van der Waals surface area contributed by atoms with Crippen molar-refractivity contribution in [1.82, 2.24) is 4.90 Å². The fourth-order valence-electron chi connectivity index (χ4n) is 3.21. The number of benzene rings is 1. The van der Waals surface area contributed by atoms with Crippen LogP contribution in [0.1, 0.15) is 23.6 Å². The van der Waals surface area contributed by atoms with E-state index in [2.05, 4.69) is 42.4 Å². The average molecular weight is 231 g/mol. The highest BCUT2D eigenvalue weighted by Crippen LogP contribution is 2.38. The van der Waals surface area contributed by atoms with Gasteiger partial charge in [-0.15, -0.1) is 0 Å². The van der Waals surface area contributed by atoms with E-state index in [9.17, 15) is 0 Å². The zero-order valence-electron chi connectivity index (χ0n) is 10.6. The first-order valence-corrected chi connectivity index (χ1v) is 6.46. The molecule has 0 aliphatic carbocycles. The normalized spacial score (nSPS) is 32.5. The SMILES string of the molecule is Cc1ccc2c(c1)NC1CCN(C)CC1C2N. The molecule has 1 saturated heterocycles. The van der Waals surface area contributed by atoms with Gasteiger partial charge in [0.1, 0.15) is 0 Å². The Kier molecular flexibility index (Phi) is 2.60. The fourth-order valence-corrected chi connectivity index (χ4v) is 3.21. The van der Waals surface area contributed by atoms with Gasteiger partial charge in [-0.2, -0.15) is 0 Å². The Morgan fingerprint density at radius 1 is 1.41 bits per heavy atom. The van der Waals surface area contributed by atoms with Crippen LogP contribution in [0.4, 0.5) is 5.69 Å². The zero-order chi connectivity index (χ0) is 12.0. The lowest BCUT2D eigenvalue weighted by atomic mass is 9.79. The van der Waals surface area contributed by atoms with Gasteiger partial charge in [0.05, 0.1) is 0 Å². The van der Waals surface area contributed by atoms with Crippen LogP contribution in [0.2, 0.25) is 0 Å². The predicted molar refractivity (Wildman–Crippen MR) is 71.1 cm³/mol. The average Bonchev–Trinajstić information content (AvgIpc) is 2.30. The first-order chi connectivity index (χ1) is 8.15. The van der Waals surface area contributed by atoms with Crippen LogP contribution in [0.15, 0.2) is 18.2 Å². The van der Waals surface area contributed by atoms with Gasteiger partial charge >= 0.3 is 0 Å². The molecule has 3 rings (SSSR count).